The maximum Gasteiger partial charge on any atom is 0.208 e. The molecular weight excluding hydrogens is 355 g/mol. The number of nitrogens with zero attached hydrogens (tertiary/aromatic N) is 3. The summed E-state index contributed by atoms with van der Waals surface area (Å²) in [6, 6.07) is 2.62. The third-order valence-electron chi connectivity index (χ3n) is 4.09. The van der Waals surface area contributed by atoms with Crippen LogP contribution in [0.5, 0.6) is 0 Å². The first-order valence-corrected chi connectivity index (χ1v) is 9.90. The maximum atomic E-state index is 13.7. The van der Waals surface area contributed by atoms with E-state index in [0.29, 0.717) is 29.8 Å². The van der Waals surface area contributed by atoms with Crippen LogP contribution in [0.2, 0.25) is 5.02 Å². The lowest BCUT2D eigenvalue weighted by molar-refractivity contribution is 0.410. The molecule has 0 spiro atoms. The van der Waals surface area contributed by atoms with Gasteiger partial charge < -0.3 is 4.90 Å². The number of halogens is 2. The van der Waals surface area contributed by atoms with Gasteiger partial charge in [-0.2, -0.15) is 0 Å². The standard InChI is InChI=1S/C15H18ClFN4O2S/c1-24(22,23)20-7-10-3-2-4-21(8-10)15-12-5-11(17)6-13(16)14(12)18-9-19-15/h5-6,9-10,20H,2-4,7-8H2,1H3. The Labute approximate surface area is 145 Å². The van der Waals surface area contributed by atoms with Gasteiger partial charge in [0.25, 0.3) is 0 Å². The van der Waals surface area contributed by atoms with Crippen molar-refractivity contribution in [3.63, 3.8) is 0 Å². The first kappa shape index (κ1) is 17.3. The summed E-state index contributed by atoms with van der Waals surface area (Å²) in [5.74, 6) is 0.365. The van der Waals surface area contributed by atoms with Crippen molar-refractivity contribution >= 4 is 38.3 Å². The number of rotatable bonds is 4. The van der Waals surface area contributed by atoms with Crippen LogP contribution in [-0.2, 0) is 10.0 Å². The van der Waals surface area contributed by atoms with E-state index in [1.54, 1.807) is 0 Å². The van der Waals surface area contributed by atoms with Gasteiger partial charge >= 0.3 is 0 Å². The molecule has 1 fully saturated rings. The minimum Gasteiger partial charge on any atom is -0.356 e. The molecule has 3 rings (SSSR count). The topological polar surface area (TPSA) is 75.2 Å². The molecule has 130 valence electrons. The number of hydrogen-bond acceptors (Lipinski definition) is 5. The van der Waals surface area contributed by atoms with E-state index in [0.717, 1.165) is 25.6 Å². The van der Waals surface area contributed by atoms with Gasteiger partial charge in [0.1, 0.15) is 18.0 Å². The normalized spacial score (nSPS) is 19.0. The molecule has 9 heteroatoms. The summed E-state index contributed by atoms with van der Waals surface area (Å²) in [4.78, 5) is 10.5. The number of nitrogens with one attached hydrogen (secondary N) is 1. The van der Waals surface area contributed by atoms with Crippen molar-refractivity contribution in [2.24, 2.45) is 5.92 Å². The van der Waals surface area contributed by atoms with Crippen molar-refractivity contribution in [2.75, 3.05) is 30.8 Å². The number of fused-ring (bicyclic) bond motifs is 1. The summed E-state index contributed by atoms with van der Waals surface area (Å²) in [7, 11) is -3.21. The van der Waals surface area contributed by atoms with Crippen LogP contribution in [0.1, 0.15) is 12.8 Å². The Bertz CT molecular complexity index is 862. The lowest BCUT2D eigenvalue weighted by atomic mass is 9.98. The van der Waals surface area contributed by atoms with Crippen LogP contribution in [-0.4, -0.2) is 44.3 Å². The first-order chi connectivity index (χ1) is 11.3. The molecule has 1 saturated heterocycles. The van der Waals surface area contributed by atoms with Crippen LogP contribution >= 0.6 is 11.6 Å². The highest BCUT2D eigenvalue weighted by Gasteiger charge is 2.23. The Kier molecular flexibility index (Phi) is 4.89. The third kappa shape index (κ3) is 3.93. The molecule has 0 amide bonds. The van der Waals surface area contributed by atoms with Gasteiger partial charge in [-0.1, -0.05) is 11.6 Å². The summed E-state index contributed by atoms with van der Waals surface area (Å²) in [5, 5.41) is 0.820. The van der Waals surface area contributed by atoms with Crippen molar-refractivity contribution in [2.45, 2.75) is 12.8 Å². The van der Waals surface area contributed by atoms with Gasteiger partial charge in [-0.05, 0) is 30.9 Å². The predicted octanol–water partition coefficient (Wildman–Crippen LogP) is 2.19. The molecule has 0 saturated carbocycles. The lowest BCUT2D eigenvalue weighted by Gasteiger charge is -2.34. The van der Waals surface area contributed by atoms with Crippen LogP contribution < -0.4 is 9.62 Å². The third-order valence-corrected chi connectivity index (χ3v) is 5.07. The Morgan fingerprint density at radius 3 is 2.96 bits per heavy atom. The van der Waals surface area contributed by atoms with Gasteiger partial charge in [0.15, 0.2) is 0 Å². The zero-order valence-electron chi connectivity index (χ0n) is 13.2. The SMILES string of the molecule is CS(=O)(=O)NCC1CCCN(c2ncnc3c(Cl)cc(F)cc23)C1. The quantitative estimate of drug-likeness (QED) is 0.890. The highest BCUT2D eigenvalue weighted by Crippen LogP contribution is 2.31. The van der Waals surface area contributed by atoms with Crippen molar-refractivity contribution in [1.29, 1.82) is 0 Å². The van der Waals surface area contributed by atoms with Gasteiger partial charge in [-0.3, -0.25) is 0 Å². The van der Waals surface area contributed by atoms with E-state index in [4.69, 9.17) is 11.6 Å². The molecule has 2 aromatic rings. The van der Waals surface area contributed by atoms with Gasteiger partial charge in [0.05, 0.1) is 16.8 Å². The average Bonchev–Trinajstić information content (AvgIpc) is 2.52. The molecule has 1 aromatic heterocycles. The second-order valence-electron chi connectivity index (χ2n) is 6.06. The zero-order chi connectivity index (χ0) is 17.3. The first-order valence-electron chi connectivity index (χ1n) is 7.63. The van der Waals surface area contributed by atoms with Gasteiger partial charge in [-0.25, -0.2) is 27.5 Å². The highest BCUT2D eigenvalue weighted by molar-refractivity contribution is 7.88. The molecule has 1 aromatic carbocycles. The van der Waals surface area contributed by atoms with Crippen molar-refractivity contribution in [3.05, 3.63) is 29.3 Å². The molecule has 0 bridgehead atoms. The number of aromatic nitrogens is 2. The van der Waals surface area contributed by atoms with Crippen LogP contribution in [0.3, 0.4) is 0 Å². The number of anilines is 1. The van der Waals surface area contributed by atoms with Crippen LogP contribution in [0.15, 0.2) is 18.5 Å². The second-order valence-corrected chi connectivity index (χ2v) is 8.30. The minimum absolute atomic E-state index is 0.169. The fourth-order valence-electron chi connectivity index (χ4n) is 3.02. The second kappa shape index (κ2) is 6.78. The molecule has 24 heavy (non-hydrogen) atoms. The Balaban J connectivity index is 1.87. The Morgan fingerprint density at radius 1 is 1.42 bits per heavy atom. The van der Waals surface area contributed by atoms with Crippen LogP contribution in [0, 0.1) is 11.7 Å². The van der Waals surface area contributed by atoms with Crippen molar-refractivity contribution in [3.8, 4) is 0 Å². The van der Waals surface area contributed by atoms with Crippen molar-refractivity contribution < 1.29 is 12.8 Å². The molecule has 0 aliphatic carbocycles. The fraction of sp³-hybridized carbons (Fsp3) is 0.467. The highest BCUT2D eigenvalue weighted by atomic mass is 35.5. The number of benzene rings is 1. The number of sulfonamides is 1. The lowest BCUT2D eigenvalue weighted by Crippen LogP contribution is -2.41. The molecule has 1 N–H and O–H groups in total. The molecule has 1 aliphatic rings. The molecule has 0 radical (unpaired) electrons. The minimum atomic E-state index is -3.21. The summed E-state index contributed by atoms with van der Waals surface area (Å²) in [6.45, 7) is 1.80. The van der Waals surface area contributed by atoms with E-state index in [2.05, 4.69) is 14.7 Å². The van der Waals surface area contributed by atoms with E-state index in [1.165, 1.54) is 18.5 Å². The van der Waals surface area contributed by atoms with E-state index >= 15 is 0 Å². The summed E-state index contributed by atoms with van der Waals surface area (Å²) >= 11 is 6.08. The molecule has 2 heterocycles. The smallest absolute Gasteiger partial charge is 0.208 e. The summed E-state index contributed by atoms with van der Waals surface area (Å²) < 4.78 is 38.8. The predicted molar refractivity (Wildman–Crippen MR) is 92.3 cm³/mol. The van der Waals surface area contributed by atoms with Crippen LogP contribution in [0.25, 0.3) is 10.9 Å². The average molecular weight is 373 g/mol. The number of hydrogen-bond donors (Lipinski definition) is 1. The van der Waals surface area contributed by atoms with Crippen LogP contribution in [0.4, 0.5) is 10.2 Å². The summed E-state index contributed by atoms with van der Waals surface area (Å²) in [5.41, 5.74) is 0.513. The van der Waals surface area contributed by atoms with E-state index in [9.17, 15) is 12.8 Å². The molecule has 6 nitrogen and oxygen atoms in total. The molecular formula is C15H18ClFN4O2S. The van der Waals surface area contributed by atoms with Gasteiger partial charge in [0, 0.05) is 25.0 Å². The largest absolute Gasteiger partial charge is 0.356 e. The van der Waals surface area contributed by atoms with Crippen molar-refractivity contribution in [1.82, 2.24) is 14.7 Å². The van der Waals surface area contributed by atoms with E-state index < -0.39 is 15.8 Å². The summed E-state index contributed by atoms with van der Waals surface area (Å²) in [6.07, 6.45) is 4.40. The monoisotopic (exact) mass is 372 g/mol. The van der Waals surface area contributed by atoms with E-state index in [-0.39, 0.29) is 10.9 Å². The maximum absolute atomic E-state index is 13.7. The van der Waals surface area contributed by atoms with E-state index in [1.807, 2.05) is 4.90 Å². The molecule has 1 unspecified atom stereocenters. The van der Waals surface area contributed by atoms with Gasteiger partial charge in [-0.15, -0.1) is 0 Å². The zero-order valence-corrected chi connectivity index (χ0v) is 14.7. The molecule has 1 atom stereocenters. The number of piperidine rings is 1. The fourth-order valence-corrected chi connectivity index (χ4v) is 3.82. The Morgan fingerprint density at radius 2 is 2.21 bits per heavy atom. The Hall–Kier alpha value is -1.51. The van der Waals surface area contributed by atoms with Gasteiger partial charge in [0.2, 0.25) is 10.0 Å². The molecule has 1 aliphatic heterocycles.